The van der Waals surface area contributed by atoms with Gasteiger partial charge in [-0.3, -0.25) is 9.59 Å². The van der Waals surface area contributed by atoms with E-state index in [2.05, 4.69) is 10.6 Å². The Morgan fingerprint density at radius 1 is 1.13 bits per heavy atom. The van der Waals surface area contributed by atoms with Gasteiger partial charge in [0.15, 0.2) is 0 Å². The van der Waals surface area contributed by atoms with Gasteiger partial charge in [0, 0.05) is 0 Å². The van der Waals surface area contributed by atoms with E-state index in [1.54, 1.807) is 27.7 Å². The largest absolute Gasteiger partial charge is 0.444 e. The molecule has 8 nitrogen and oxygen atoms in total. The van der Waals surface area contributed by atoms with Crippen LogP contribution < -0.4 is 16.4 Å². The third-order valence-electron chi connectivity index (χ3n) is 4.20. The second-order valence-electron chi connectivity index (χ2n) is 8.09. The third-order valence-corrected chi connectivity index (χ3v) is 4.20. The fourth-order valence-corrected chi connectivity index (χ4v) is 2.61. The lowest BCUT2D eigenvalue weighted by Gasteiger charge is -2.25. The molecule has 167 valence electrons. The van der Waals surface area contributed by atoms with Gasteiger partial charge in [-0.1, -0.05) is 30.3 Å². The van der Waals surface area contributed by atoms with Gasteiger partial charge >= 0.3 is 6.09 Å². The van der Waals surface area contributed by atoms with Gasteiger partial charge < -0.3 is 25.8 Å². The molecule has 3 atom stereocenters. The van der Waals surface area contributed by atoms with Gasteiger partial charge in [0.2, 0.25) is 12.2 Å². The van der Waals surface area contributed by atoms with Gasteiger partial charge in [-0.05, 0) is 59.1 Å². The Balaban J connectivity index is 2.69. The van der Waals surface area contributed by atoms with Crippen molar-refractivity contribution in [3.05, 3.63) is 35.9 Å². The lowest BCUT2D eigenvalue weighted by atomic mass is 10.1. The number of rotatable bonds is 12. The summed E-state index contributed by atoms with van der Waals surface area (Å²) in [5.74, 6) is -0.499. The molecule has 0 aliphatic rings. The van der Waals surface area contributed by atoms with E-state index in [0.717, 1.165) is 5.56 Å². The summed E-state index contributed by atoms with van der Waals surface area (Å²) in [5.41, 5.74) is 5.78. The highest BCUT2D eigenvalue weighted by Gasteiger charge is 2.28. The van der Waals surface area contributed by atoms with Crippen LogP contribution in [-0.4, -0.2) is 48.6 Å². The summed E-state index contributed by atoms with van der Waals surface area (Å²) < 4.78 is 10.9. The number of carbonyl (C=O) groups is 2. The van der Waals surface area contributed by atoms with Crippen molar-refractivity contribution in [2.75, 3.05) is 6.54 Å². The van der Waals surface area contributed by atoms with Crippen molar-refractivity contribution < 1.29 is 23.9 Å². The molecule has 1 aromatic carbocycles. The topological polar surface area (TPSA) is 120 Å². The standard InChI is InChI=1S/C22H34N3O5/c1-16(29-15-17-10-6-5-7-11-17)19(14-26)24-20(27)18(12-8-9-13-23)25-21(28)30-22(2,3)4/h5-7,10-11,16,18-19H,8-9,12-13,15,23H2,1-4H3,(H,24,27)(H,25,28)/t16?,18-,19+/m0/s1. The van der Waals surface area contributed by atoms with Crippen LogP contribution in [0.2, 0.25) is 0 Å². The number of hydrogen-bond acceptors (Lipinski definition) is 6. The molecule has 4 N–H and O–H groups in total. The number of hydrogen-bond donors (Lipinski definition) is 3. The van der Waals surface area contributed by atoms with Gasteiger partial charge in [-0.15, -0.1) is 0 Å². The van der Waals surface area contributed by atoms with Crippen LogP contribution in [0.1, 0.15) is 52.5 Å². The number of nitrogens with one attached hydrogen (secondary N) is 2. The molecule has 0 bridgehead atoms. The maximum Gasteiger partial charge on any atom is 0.408 e. The van der Waals surface area contributed by atoms with Crippen LogP contribution in [0.25, 0.3) is 0 Å². The summed E-state index contributed by atoms with van der Waals surface area (Å²) in [6.07, 6.45) is 2.23. The molecule has 0 saturated carbocycles. The Morgan fingerprint density at radius 2 is 1.80 bits per heavy atom. The zero-order valence-corrected chi connectivity index (χ0v) is 18.3. The molecule has 30 heavy (non-hydrogen) atoms. The summed E-state index contributed by atoms with van der Waals surface area (Å²) in [5, 5.41) is 5.18. The molecule has 2 amide bonds. The van der Waals surface area contributed by atoms with Crippen molar-refractivity contribution in [3.63, 3.8) is 0 Å². The van der Waals surface area contributed by atoms with E-state index >= 15 is 0 Å². The van der Waals surface area contributed by atoms with Crippen LogP contribution in [-0.2, 0) is 25.7 Å². The number of nitrogens with two attached hydrogens (primary N) is 1. The Bertz CT molecular complexity index is 660. The highest BCUT2D eigenvalue weighted by Crippen LogP contribution is 2.10. The first kappa shape index (κ1) is 25.6. The maximum absolute atomic E-state index is 12.7. The summed E-state index contributed by atoms with van der Waals surface area (Å²) in [6.45, 7) is 7.67. The minimum Gasteiger partial charge on any atom is -0.444 e. The Hall–Kier alpha value is -2.45. The molecule has 0 aliphatic heterocycles. The van der Waals surface area contributed by atoms with Crippen LogP contribution in [0, 0.1) is 0 Å². The first-order chi connectivity index (χ1) is 14.2. The van der Waals surface area contributed by atoms with Crippen LogP contribution in [0.5, 0.6) is 0 Å². The SMILES string of the molecule is CC(OCc1ccccc1)[C@@H]([C]=O)NC(=O)[C@H](CCCCN)NC(=O)OC(C)(C)C. The van der Waals surface area contributed by atoms with Crippen LogP contribution in [0.15, 0.2) is 30.3 Å². The lowest BCUT2D eigenvalue weighted by Crippen LogP contribution is -2.53. The molecular formula is C22H34N3O5. The van der Waals surface area contributed by atoms with E-state index in [1.807, 2.05) is 36.6 Å². The summed E-state index contributed by atoms with van der Waals surface area (Å²) in [4.78, 5) is 36.3. The maximum atomic E-state index is 12.7. The molecule has 1 unspecified atom stereocenters. The van der Waals surface area contributed by atoms with E-state index in [0.29, 0.717) is 32.4 Å². The number of benzene rings is 1. The van der Waals surface area contributed by atoms with Crippen molar-refractivity contribution in [1.29, 1.82) is 0 Å². The predicted molar refractivity (Wildman–Crippen MR) is 114 cm³/mol. The lowest BCUT2D eigenvalue weighted by molar-refractivity contribution is -0.124. The van der Waals surface area contributed by atoms with Gasteiger partial charge in [0.25, 0.3) is 0 Å². The van der Waals surface area contributed by atoms with E-state index in [4.69, 9.17) is 15.2 Å². The van der Waals surface area contributed by atoms with Crippen molar-refractivity contribution in [1.82, 2.24) is 10.6 Å². The highest BCUT2D eigenvalue weighted by atomic mass is 16.6. The predicted octanol–water partition coefficient (Wildman–Crippen LogP) is 2.21. The Kier molecular flexibility index (Phi) is 11.1. The van der Waals surface area contributed by atoms with E-state index < -0.39 is 35.8 Å². The zero-order chi connectivity index (χ0) is 22.6. The number of ether oxygens (including phenoxy) is 2. The Morgan fingerprint density at radius 3 is 2.37 bits per heavy atom. The van der Waals surface area contributed by atoms with Crippen LogP contribution in [0.3, 0.4) is 0 Å². The van der Waals surface area contributed by atoms with Crippen molar-refractivity contribution >= 4 is 18.3 Å². The molecule has 0 spiro atoms. The smallest absolute Gasteiger partial charge is 0.408 e. The third kappa shape index (κ3) is 10.4. The first-order valence-corrected chi connectivity index (χ1v) is 10.2. The molecule has 0 heterocycles. The molecule has 0 saturated heterocycles. The van der Waals surface area contributed by atoms with Gasteiger partial charge in [0.1, 0.15) is 17.7 Å². The molecular weight excluding hydrogens is 386 g/mol. The normalized spacial score (nSPS) is 14.3. The fraction of sp³-hybridized carbons (Fsp3) is 0.591. The summed E-state index contributed by atoms with van der Waals surface area (Å²) in [6, 6.07) is 7.66. The second kappa shape index (κ2) is 13.0. The van der Waals surface area contributed by atoms with Crippen molar-refractivity contribution in [2.24, 2.45) is 5.73 Å². The molecule has 1 aromatic rings. The minimum absolute atomic E-state index is 0.298. The molecule has 1 radical (unpaired) electrons. The van der Waals surface area contributed by atoms with Crippen molar-refractivity contribution in [3.8, 4) is 0 Å². The minimum atomic E-state index is -0.973. The average molecular weight is 421 g/mol. The quantitative estimate of drug-likeness (QED) is 0.446. The monoisotopic (exact) mass is 420 g/mol. The number of alkyl carbamates (subject to hydrolysis) is 1. The van der Waals surface area contributed by atoms with Gasteiger partial charge in [-0.25, -0.2) is 4.79 Å². The molecule has 8 heteroatoms. The number of unbranched alkanes of at least 4 members (excludes halogenated alkanes) is 1. The highest BCUT2D eigenvalue weighted by molar-refractivity contribution is 5.87. The Labute approximate surface area is 178 Å². The number of carbonyl (C=O) groups excluding carboxylic acids is 3. The van der Waals surface area contributed by atoms with Gasteiger partial charge in [-0.2, -0.15) is 0 Å². The van der Waals surface area contributed by atoms with Crippen LogP contribution in [0.4, 0.5) is 4.79 Å². The molecule has 1 rings (SSSR count). The first-order valence-electron chi connectivity index (χ1n) is 10.2. The van der Waals surface area contributed by atoms with Crippen molar-refractivity contribution in [2.45, 2.75) is 77.4 Å². The van der Waals surface area contributed by atoms with Crippen LogP contribution >= 0.6 is 0 Å². The molecule has 0 fully saturated rings. The van der Waals surface area contributed by atoms with E-state index in [9.17, 15) is 14.4 Å². The summed E-state index contributed by atoms with van der Waals surface area (Å²) in [7, 11) is 0. The van der Waals surface area contributed by atoms with Gasteiger partial charge in [0.05, 0.1) is 12.7 Å². The summed E-state index contributed by atoms with van der Waals surface area (Å²) >= 11 is 0. The van der Waals surface area contributed by atoms with E-state index in [1.165, 1.54) is 0 Å². The average Bonchev–Trinajstić information content (AvgIpc) is 2.68. The number of amides is 2. The second-order valence-corrected chi connectivity index (χ2v) is 8.09. The zero-order valence-electron chi connectivity index (χ0n) is 18.3. The molecule has 0 aliphatic carbocycles. The fourth-order valence-electron chi connectivity index (χ4n) is 2.61. The van der Waals surface area contributed by atoms with E-state index in [-0.39, 0.29) is 0 Å². The molecule has 0 aromatic heterocycles.